The minimum absolute atomic E-state index is 0.0365. The number of anilines is 2. The SMILES string of the molecule is Cc1ncc(NC(=O)CN2CCC[C@@H]2C)cc1NC(=O)C(=NN)c1ccc(-c2ccn(C3COC3)n2)cn1. The monoisotopic (exact) mass is 517 g/mol. The van der Waals surface area contributed by atoms with Gasteiger partial charge in [-0.05, 0) is 57.5 Å². The number of rotatable bonds is 8. The molecule has 0 unspecified atom stereocenters. The summed E-state index contributed by atoms with van der Waals surface area (Å²) in [5, 5.41) is 13.9. The number of nitrogens with two attached hydrogens (primary N) is 1. The summed E-state index contributed by atoms with van der Waals surface area (Å²) < 4.78 is 7.10. The highest BCUT2D eigenvalue weighted by Gasteiger charge is 2.23. The number of ether oxygens (including phenoxy) is 1. The van der Waals surface area contributed by atoms with Gasteiger partial charge in [-0.3, -0.25) is 29.1 Å². The Labute approximate surface area is 220 Å². The Bertz CT molecular complexity index is 1350. The molecule has 0 radical (unpaired) electrons. The molecule has 5 heterocycles. The normalized spacial score (nSPS) is 18.3. The number of likely N-dealkylation sites (tertiary alicyclic amines) is 1. The number of hydrazone groups is 1. The number of hydrogen-bond donors (Lipinski definition) is 3. The average molecular weight is 518 g/mol. The molecule has 198 valence electrons. The Morgan fingerprint density at radius 1 is 1.18 bits per heavy atom. The summed E-state index contributed by atoms with van der Waals surface area (Å²) in [5.74, 6) is 4.91. The number of carbonyl (C=O) groups is 2. The molecule has 0 saturated carbocycles. The van der Waals surface area contributed by atoms with Crippen LogP contribution in [0.25, 0.3) is 11.3 Å². The van der Waals surface area contributed by atoms with E-state index in [0.29, 0.717) is 48.6 Å². The predicted octanol–water partition coefficient (Wildman–Crippen LogP) is 1.94. The number of pyridine rings is 2. The second-order valence-corrected chi connectivity index (χ2v) is 9.60. The third-order valence-corrected chi connectivity index (χ3v) is 6.91. The van der Waals surface area contributed by atoms with Crippen molar-refractivity contribution in [3.05, 3.63) is 54.2 Å². The van der Waals surface area contributed by atoms with Crippen LogP contribution in [0.3, 0.4) is 0 Å². The van der Waals surface area contributed by atoms with Crippen LogP contribution in [-0.2, 0) is 14.3 Å². The molecule has 5 rings (SSSR count). The molecular weight excluding hydrogens is 486 g/mol. The second-order valence-electron chi connectivity index (χ2n) is 9.60. The van der Waals surface area contributed by atoms with Gasteiger partial charge >= 0.3 is 0 Å². The quantitative estimate of drug-likeness (QED) is 0.233. The molecule has 0 aliphatic carbocycles. The number of nitrogens with zero attached hydrogens (tertiary/aromatic N) is 6. The van der Waals surface area contributed by atoms with Gasteiger partial charge in [0.1, 0.15) is 0 Å². The molecule has 0 aromatic carbocycles. The Hall–Kier alpha value is -4.16. The van der Waals surface area contributed by atoms with Crippen LogP contribution in [-0.4, -0.2) is 74.5 Å². The largest absolute Gasteiger partial charge is 0.377 e. The maximum Gasteiger partial charge on any atom is 0.278 e. The van der Waals surface area contributed by atoms with Gasteiger partial charge in [0.2, 0.25) is 5.91 Å². The predicted molar refractivity (Wildman–Crippen MR) is 143 cm³/mol. The molecule has 0 bridgehead atoms. The lowest BCUT2D eigenvalue weighted by Crippen LogP contribution is -2.35. The van der Waals surface area contributed by atoms with Crippen LogP contribution in [0.15, 0.2) is 48.0 Å². The summed E-state index contributed by atoms with van der Waals surface area (Å²) in [6, 6.07) is 7.71. The molecule has 3 aromatic rings. The van der Waals surface area contributed by atoms with Crippen molar-refractivity contribution in [1.29, 1.82) is 0 Å². The number of aromatic nitrogens is 4. The van der Waals surface area contributed by atoms with Gasteiger partial charge in [-0.25, -0.2) is 0 Å². The molecule has 1 atom stereocenters. The molecule has 2 fully saturated rings. The van der Waals surface area contributed by atoms with E-state index in [1.807, 2.05) is 23.0 Å². The van der Waals surface area contributed by atoms with Gasteiger partial charge in [-0.2, -0.15) is 10.2 Å². The van der Waals surface area contributed by atoms with E-state index >= 15 is 0 Å². The minimum Gasteiger partial charge on any atom is -0.377 e. The Kier molecular flexibility index (Phi) is 7.43. The molecular formula is C26H31N9O3. The van der Waals surface area contributed by atoms with Crippen molar-refractivity contribution in [1.82, 2.24) is 24.6 Å². The maximum absolute atomic E-state index is 13.1. The topological polar surface area (TPSA) is 153 Å². The second kappa shape index (κ2) is 11.1. The van der Waals surface area contributed by atoms with E-state index < -0.39 is 5.91 Å². The first kappa shape index (κ1) is 25.5. The molecule has 4 N–H and O–H groups in total. The first-order valence-corrected chi connectivity index (χ1v) is 12.6. The lowest BCUT2D eigenvalue weighted by atomic mass is 10.1. The van der Waals surface area contributed by atoms with Crippen molar-refractivity contribution in [3.63, 3.8) is 0 Å². The van der Waals surface area contributed by atoms with Crippen LogP contribution in [0.4, 0.5) is 11.4 Å². The fourth-order valence-corrected chi connectivity index (χ4v) is 4.52. The van der Waals surface area contributed by atoms with Crippen LogP contribution in [0.2, 0.25) is 0 Å². The highest BCUT2D eigenvalue weighted by molar-refractivity contribution is 6.48. The third-order valence-electron chi connectivity index (χ3n) is 6.91. The first-order valence-electron chi connectivity index (χ1n) is 12.6. The third kappa shape index (κ3) is 5.55. The van der Waals surface area contributed by atoms with Crippen LogP contribution >= 0.6 is 0 Å². The van der Waals surface area contributed by atoms with Crippen molar-refractivity contribution in [2.45, 2.75) is 38.8 Å². The van der Waals surface area contributed by atoms with Crippen LogP contribution in [0.5, 0.6) is 0 Å². The van der Waals surface area contributed by atoms with Gasteiger partial charge in [-0.15, -0.1) is 0 Å². The highest BCUT2D eigenvalue weighted by Crippen LogP contribution is 2.22. The van der Waals surface area contributed by atoms with Crippen molar-refractivity contribution in [2.75, 3.05) is 36.9 Å². The number of nitrogens with one attached hydrogen (secondary N) is 2. The van der Waals surface area contributed by atoms with Gasteiger partial charge < -0.3 is 21.2 Å². The van der Waals surface area contributed by atoms with Crippen molar-refractivity contribution >= 4 is 28.9 Å². The van der Waals surface area contributed by atoms with E-state index in [4.69, 9.17) is 10.6 Å². The highest BCUT2D eigenvalue weighted by atomic mass is 16.5. The summed E-state index contributed by atoms with van der Waals surface area (Å²) in [7, 11) is 0. The number of aryl methyl sites for hydroxylation is 1. The lowest BCUT2D eigenvalue weighted by Gasteiger charge is -2.25. The summed E-state index contributed by atoms with van der Waals surface area (Å²) in [6.45, 7) is 6.43. The van der Waals surface area contributed by atoms with Crippen LogP contribution in [0.1, 0.15) is 37.2 Å². The molecule has 38 heavy (non-hydrogen) atoms. The summed E-state index contributed by atoms with van der Waals surface area (Å²) in [6.07, 6.45) is 7.30. The molecule has 12 heteroatoms. The summed E-state index contributed by atoms with van der Waals surface area (Å²) >= 11 is 0. The number of carbonyl (C=O) groups excluding carboxylic acids is 2. The van der Waals surface area contributed by atoms with E-state index in [2.05, 4.69) is 42.6 Å². The van der Waals surface area contributed by atoms with Gasteiger partial charge in [-0.1, -0.05) is 0 Å². The Morgan fingerprint density at radius 2 is 2.03 bits per heavy atom. The molecule has 2 saturated heterocycles. The van der Waals surface area contributed by atoms with Crippen molar-refractivity contribution in [2.24, 2.45) is 10.9 Å². The minimum atomic E-state index is -0.540. The van der Waals surface area contributed by atoms with Crippen LogP contribution < -0.4 is 16.5 Å². The molecule has 2 aliphatic heterocycles. The zero-order valence-electron chi connectivity index (χ0n) is 21.4. The standard InChI is InChI=1S/C26H31N9O3/c1-16-4-3-8-34(16)13-24(36)30-19-10-23(17(2)28-12-19)31-26(37)25(32-27)22-6-5-18(11-29-22)21-7-9-35(33-21)20-14-38-15-20/h5-7,9-12,16,20H,3-4,8,13-15,27H2,1-2H3,(H,30,36)(H,31,37)/t16-/m0/s1. The van der Waals surface area contributed by atoms with Gasteiger partial charge in [0.05, 0.1) is 60.5 Å². The number of amides is 2. The Balaban J connectivity index is 1.24. The van der Waals surface area contributed by atoms with E-state index in [1.165, 1.54) is 0 Å². The van der Waals surface area contributed by atoms with E-state index in [0.717, 1.165) is 30.6 Å². The molecule has 2 amide bonds. The smallest absolute Gasteiger partial charge is 0.278 e. The number of hydrogen-bond acceptors (Lipinski definition) is 9. The molecule has 0 spiro atoms. The molecule has 2 aliphatic rings. The fourth-order valence-electron chi connectivity index (χ4n) is 4.52. The molecule has 12 nitrogen and oxygen atoms in total. The Morgan fingerprint density at radius 3 is 2.68 bits per heavy atom. The van der Waals surface area contributed by atoms with Crippen molar-refractivity contribution in [3.8, 4) is 11.3 Å². The first-order chi connectivity index (χ1) is 18.4. The van der Waals surface area contributed by atoms with Gasteiger partial charge in [0.25, 0.3) is 5.91 Å². The fraction of sp³-hybridized carbons (Fsp3) is 0.385. The average Bonchev–Trinajstić information content (AvgIpc) is 3.50. The van der Waals surface area contributed by atoms with E-state index in [9.17, 15) is 9.59 Å². The summed E-state index contributed by atoms with van der Waals surface area (Å²) in [5.41, 5.74) is 3.36. The van der Waals surface area contributed by atoms with Gasteiger partial charge in [0, 0.05) is 24.0 Å². The zero-order chi connectivity index (χ0) is 26.6. The maximum atomic E-state index is 13.1. The van der Waals surface area contributed by atoms with Crippen molar-refractivity contribution < 1.29 is 14.3 Å². The van der Waals surface area contributed by atoms with Crippen LogP contribution in [0, 0.1) is 6.92 Å². The molecule has 3 aromatic heterocycles. The van der Waals surface area contributed by atoms with E-state index in [-0.39, 0.29) is 17.7 Å². The van der Waals surface area contributed by atoms with E-state index in [1.54, 1.807) is 31.5 Å². The summed E-state index contributed by atoms with van der Waals surface area (Å²) in [4.78, 5) is 36.4. The zero-order valence-corrected chi connectivity index (χ0v) is 21.4. The lowest BCUT2D eigenvalue weighted by molar-refractivity contribution is -0.117. The van der Waals surface area contributed by atoms with Gasteiger partial charge in [0.15, 0.2) is 5.71 Å².